The highest BCUT2D eigenvalue weighted by Crippen LogP contribution is 2.31. The van der Waals surface area contributed by atoms with Crippen molar-refractivity contribution in [2.75, 3.05) is 0 Å². The van der Waals surface area contributed by atoms with Crippen LogP contribution in [0.3, 0.4) is 0 Å². The van der Waals surface area contributed by atoms with Crippen molar-refractivity contribution in [2.45, 2.75) is 6.54 Å². The number of aromatic nitrogens is 2. The SMILES string of the molecule is Fc1c(F)c(F)c([B-](c2c(F)c(F)c(F)c(F)c2F)(c2c(F)c(F)c(F)c(F)c2F)c2c(F)c(F)c(F)c(F)c2F)c(F)c1F.O=C(C[n+]1ccnc(-c2cccc([N+](=O)[O-])c2)c1)c1ccccc1. The van der Waals surface area contributed by atoms with Crippen LogP contribution in [0.25, 0.3) is 11.3 Å². The van der Waals surface area contributed by atoms with E-state index >= 15 is 35.1 Å². The Kier molecular flexibility index (Phi) is 13.9. The summed E-state index contributed by atoms with van der Waals surface area (Å²) in [6.07, 6.45) is -2.24. The monoisotopic (exact) mass is 999 g/mol. The number of benzene rings is 6. The summed E-state index contributed by atoms with van der Waals surface area (Å²) < 4.78 is 296. The number of nitro benzene ring substituents is 1. The highest BCUT2D eigenvalue weighted by Gasteiger charge is 2.52. The van der Waals surface area contributed by atoms with E-state index in [9.17, 15) is 67.6 Å². The zero-order chi connectivity index (χ0) is 51.3. The molecule has 0 N–H and O–H groups in total. The molecule has 7 rings (SSSR count). The van der Waals surface area contributed by atoms with Gasteiger partial charge in [0.05, 0.1) is 11.1 Å². The van der Waals surface area contributed by atoms with Crippen LogP contribution < -0.4 is 26.4 Å². The number of carbonyl (C=O) groups excluding carboxylic acids is 1. The number of halogens is 20. The lowest BCUT2D eigenvalue weighted by atomic mass is 9.12. The minimum Gasteiger partial charge on any atom is -0.287 e. The molecule has 0 atom stereocenters. The number of rotatable bonds is 9. The fourth-order valence-electron chi connectivity index (χ4n) is 7.21. The lowest BCUT2D eigenvalue weighted by molar-refractivity contribution is -0.683. The quantitative estimate of drug-likeness (QED) is 0.0212. The molecule has 0 saturated heterocycles. The molecule has 0 unspecified atom stereocenters. The van der Waals surface area contributed by atoms with Crippen LogP contribution >= 0.6 is 0 Å². The van der Waals surface area contributed by atoms with Gasteiger partial charge in [0.15, 0.2) is 82.2 Å². The predicted molar refractivity (Wildman–Crippen MR) is 197 cm³/mol. The first-order valence-corrected chi connectivity index (χ1v) is 18.2. The van der Waals surface area contributed by atoms with Gasteiger partial charge >= 0.3 is 0 Å². The number of carbonyl (C=O) groups is 1. The van der Waals surface area contributed by atoms with Crippen molar-refractivity contribution in [1.29, 1.82) is 0 Å². The van der Waals surface area contributed by atoms with Crippen molar-refractivity contribution in [3.05, 3.63) is 205 Å². The minimum atomic E-state index is -7.22. The summed E-state index contributed by atoms with van der Waals surface area (Å²) >= 11 is 0. The highest BCUT2D eigenvalue weighted by molar-refractivity contribution is 7.20. The van der Waals surface area contributed by atoms with Crippen molar-refractivity contribution >= 4 is 39.5 Å². The maximum atomic E-state index is 15.4. The first-order valence-electron chi connectivity index (χ1n) is 18.2. The van der Waals surface area contributed by atoms with Crippen LogP contribution in [0, 0.1) is 126 Å². The van der Waals surface area contributed by atoms with Gasteiger partial charge in [-0.25, -0.2) is 92.8 Å². The average molecular weight is 999 g/mol. The third-order valence-electron chi connectivity index (χ3n) is 10.2. The second kappa shape index (κ2) is 19.0. The Hall–Kier alpha value is -7.87. The molecule has 0 saturated carbocycles. The molecule has 27 heteroatoms. The van der Waals surface area contributed by atoms with Gasteiger partial charge in [-0.2, -0.15) is 4.57 Å². The molecule has 0 aliphatic carbocycles. The Morgan fingerprint density at radius 3 is 1.14 bits per heavy atom. The van der Waals surface area contributed by atoms with Gasteiger partial charge in [-0.1, -0.05) is 42.5 Å². The van der Waals surface area contributed by atoms with Crippen LogP contribution in [0.15, 0.2) is 73.2 Å². The van der Waals surface area contributed by atoms with E-state index < -0.39 is 149 Å². The summed E-state index contributed by atoms with van der Waals surface area (Å²) in [4.78, 5) is 27.0. The van der Waals surface area contributed by atoms with Crippen LogP contribution in [0.2, 0.25) is 0 Å². The zero-order valence-corrected chi connectivity index (χ0v) is 32.8. The first-order chi connectivity index (χ1) is 32.3. The summed E-state index contributed by atoms with van der Waals surface area (Å²) in [5.74, 6) is -71.4. The van der Waals surface area contributed by atoms with Crippen LogP contribution in [-0.2, 0) is 6.54 Å². The summed E-state index contributed by atoms with van der Waals surface area (Å²) in [6.45, 7) is 0.175. The standard InChI is InChI=1S/C24BF20.C18H14N3O3/c26-5-1(6(27)14(35)21(42)13(5)34)25(2-7(28)15(36)22(43)16(37)8(2)29,3-9(30)17(38)23(44)18(39)10(3)31)4-11(32)19(40)24(45)20(41)12(4)33;22-18(14-5-2-1-3-6-14)13-20-10-9-19-17(12-20)15-7-4-8-16(11-15)21(23)24/h;1-12H,13H2/q-1;+1. The summed E-state index contributed by atoms with van der Waals surface area (Å²) in [6, 6.07) is 15.3. The van der Waals surface area contributed by atoms with Crippen LogP contribution in [0.4, 0.5) is 93.5 Å². The Morgan fingerprint density at radius 2 is 0.812 bits per heavy atom. The van der Waals surface area contributed by atoms with Crippen molar-refractivity contribution in [1.82, 2.24) is 4.98 Å². The normalized spacial score (nSPS) is 11.4. The first kappa shape index (κ1) is 50.5. The Morgan fingerprint density at radius 1 is 0.478 bits per heavy atom. The number of non-ortho nitro benzene ring substituents is 1. The van der Waals surface area contributed by atoms with Gasteiger partial charge in [-0.3, -0.25) is 14.9 Å². The maximum absolute atomic E-state index is 15.4. The van der Waals surface area contributed by atoms with Gasteiger partial charge in [0, 0.05) is 23.3 Å². The van der Waals surface area contributed by atoms with Crippen molar-refractivity contribution in [3.8, 4) is 11.3 Å². The van der Waals surface area contributed by atoms with Gasteiger partial charge < -0.3 is 0 Å². The molecule has 6 nitrogen and oxygen atoms in total. The molecule has 0 radical (unpaired) electrons. The van der Waals surface area contributed by atoms with Crippen molar-refractivity contribution < 1.29 is 102 Å². The summed E-state index contributed by atoms with van der Waals surface area (Å²) in [5, 5.41) is 10.9. The van der Waals surface area contributed by atoms with Crippen molar-refractivity contribution in [3.63, 3.8) is 0 Å². The molecular formula is C42H14BF20N3O3. The van der Waals surface area contributed by atoms with Gasteiger partial charge in [0.2, 0.25) is 12.3 Å². The Bertz CT molecular complexity index is 2890. The smallest absolute Gasteiger partial charge is 0.270 e. The molecule has 0 spiro atoms. The second-order valence-corrected chi connectivity index (χ2v) is 14.0. The van der Waals surface area contributed by atoms with Crippen LogP contribution in [0.5, 0.6) is 0 Å². The lowest BCUT2D eigenvalue weighted by Gasteiger charge is -2.44. The number of hydrogen-bond acceptors (Lipinski definition) is 4. The molecule has 0 bridgehead atoms. The van der Waals surface area contributed by atoms with Gasteiger partial charge in [0.25, 0.3) is 5.69 Å². The molecule has 358 valence electrons. The minimum absolute atomic E-state index is 0.00469. The number of ketones is 1. The van der Waals surface area contributed by atoms with E-state index in [1.165, 1.54) is 12.1 Å². The van der Waals surface area contributed by atoms with E-state index in [-0.39, 0.29) is 18.0 Å². The van der Waals surface area contributed by atoms with Gasteiger partial charge in [-0.15, -0.1) is 21.9 Å². The van der Waals surface area contributed by atoms with Gasteiger partial charge in [0.1, 0.15) is 58.4 Å². The third kappa shape index (κ3) is 8.34. The predicted octanol–water partition coefficient (Wildman–Crippen LogP) is 8.67. The molecule has 0 aliphatic heterocycles. The van der Waals surface area contributed by atoms with Crippen molar-refractivity contribution in [2.24, 2.45) is 0 Å². The van der Waals surface area contributed by atoms with E-state index in [0.717, 1.165) is 0 Å². The van der Waals surface area contributed by atoms with Gasteiger partial charge in [-0.05, 0) is 0 Å². The number of nitro groups is 1. The third-order valence-corrected chi connectivity index (χ3v) is 10.2. The zero-order valence-electron chi connectivity index (χ0n) is 32.8. The summed E-state index contributed by atoms with van der Waals surface area (Å²) in [5.41, 5.74) is -12.5. The fraction of sp³-hybridized carbons (Fsp3) is 0.0238. The lowest BCUT2D eigenvalue weighted by Crippen LogP contribution is -2.81. The Labute approximate surface area is 369 Å². The highest BCUT2D eigenvalue weighted by atomic mass is 19.2. The average Bonchev–Trinajstić information content (AvgIpc) is 3.34. The Balaban J connectivity index is 0.000000273. The van der Waals surface area contributed by atoms with E-state index in [0.29, 0.717) is 16.8 Å². The molecule has 7 aromatic rings. The number of hydrogen-bond donors (Lipinski definition) is 0. The molecular weight excluding hydrogens is 985 g/mol. The second-order valence-electron chi connectivity index (χ2n) is 14.0. The van der Waals surface area contributed by atoms with E-state index in [1.807, 2.05) is 18.2 Å². The van der Waals surface area contributed by atoms with Crippen LogP contribution in [0.1, 0.15) is 10.4 Å². The molecule has 0 aliphatic rings. The maximum Gasteiger partial charge on any atom is 0.270 e. The molecule has 0 fully saturated rings. The fourth-order valence-corrected chi connectivity index (χ4v) is 7.21. The summed E-state index contributed by atoms with van der Waals surface area (Å²) in [7, 11) is 0. The van der Waals surface area contributed by atoms with E-state index in [1.54, 1.807) is 47.4 Å². The number of nitrogens with zero attached hydrogens (tertiary/aromatic N) is 3. The molecule has 0 amide bonds. The van der Waals surface area contributed by atoms with E-state index in [2.05, 4.69) is 4.98 Å². The molecule has 6 aromatic carbocycles. The number of Topliss-reactive ketones (excluding diaryl/α,β-unsaturated/α-hetero) is 1. The molecule has 1 aromatic heterocycles. The van der Waals surface area contributed by atoms with E-state index in [4.69, 9.17) is 0 Å². The molecule has 69 heavy (non-hydrogen) atoms. The molecule has 1 heterocycles. The largest absolute Gasteiger partial charge is 0.287 e. The topological polar surface area (TPSA) is 77.0 Å². The van der Waals surface area contributed by atoms with Crippen LogP contribution in [-0.4, -0.2) is 21.8 Å².